The molecule has 0 amide bonds. The summed E-state index contributed by atoms with van der Waals surface area (Å²) in [7, 11) is 0. The van der Waals surface area contributed by atoms with Crippen LogP contribution in [0.2, 0.25) is 0 Å². The molecule has 0 atom stereocenters. The van der Waals surface area contributed by atoms with Gasteiger partial charge in [-0.05, 0) is 106 Å². The Bertz CT molecular complexity index is 1080. The predicted molar refractivity (Wildman–Crippen MR) is 140 cm³/mol. The van der Waals surface area contributed by atoms with Gasteiger partial charge in [0.25, 0.3) is 0 Å². The first kappa shape index (κ1) is 23.5. The van der Waals surface area contributed by atoms with Crippen molar-refractivity contribution in [1.82, 2.24) is 15.2 Å². The molecule has 3 heterocycles. The molecule has 1 aromatic heterocycles. The average molecular weight is 442 g/mol. The number of benzene rings is 1. The van der Waals surface area contributed by atoms with Crippen LogP contribution in [0.3, 0.4) is 0 Å². The van der Waals surface area contributed by atoms with Gasteiger partial charge in [0.05, 0.1) is 5.69 Å². The summed E-state index contributed by atoms with van der Waals surface area (Å²) in [5.41, 5.74) is 13.0. The van der Waals surface area contributed by atoms with Gasteiger partial charge in [-0.1, -0.05) is 37.6 Å². The minimum Gasteiger partial charge on any atom is -0.359 e. The summed E-state index contributed by atoms with van der Waals surface area (Å²) in [6.07, 6.45) is 12.6. The quantitative estimate of drug-likeness (QED) is 0.522. The van der Waals surface area contributed by atoms with E-state index in [0.717, 1.165) is 19.4 Å². The Morgan fingerprint density at radius 2 is 1.79 bits per heavy atom. The fraction of sp³-hybridized carbons (Fsp3) is 0.433. The third-order valence-corrected chi connectivity index (χ3v) is 7.11. The fourth-order valence-corrected chi connectivity index (χ4v) is 5.07. The Hall–Kier alpha value is -2.65. The summed E-state index contributed by atoms with van der Waals surface area (Å²) in [5.74, 6) is 0. The van der Waals surface area contributed by atoms with Gasteiger partial charge < -0.3 is 5.32 Å². The smallest absolute Gasteiger partial charge is 0.0544 e. The molecule has 0 aliphatic carbocycles. The lowest BCUT2D eigenvalue weighted by molar-refractivity contribution is 0.218. The molecule has 0 radical (unpaired) electrons. The van der Waals surface area contributed by atoms with Crippen LogP contribution in [0.25, 0.3) is 11.1 Å². The Morgan fingerprint density at radius 3 is 2.48 bits per heavy atom. The van der Waals surface area contributed by atoms with E-state index in [0.29, 0.717) is 0 Å². The summed E-state index contributed by atoms with van der Waals surface area (Å²) >= 11 is 0. The molecule has 0 saturated carbocycles. The highest BCUT2D eigenvalue weighted by Crippen LogP contribution is 2.30. The first-order valence-corrected chi connectivity index (χ1v) is 12.6. The Balaban J connectivity index is 1.59. The highest BCUT2D eigenvalue weighted by molar-refractivity contribution is 5.66. The van der Waals surface area contributed by atoms with E-state index in [2.05, 4.69) is 87.4 Å². The molecular formula is C30H39N3. The van der Waals surface area contributed by atoms with Gasteiger partial charge in [0.1, 0.15) is 0 Å². The Morgan fingerprint density at radius 1 is 1.00 bits per heavy atom. The number of piperidine rings is 1. The molecule has 1 saturated heterocycles. The van der Waals surface area contributed by atoms with Gasteiger partial charge in [-0.15, -0.1) is 0 Å². The molecule has 33 heavy (non-hydrogen) atoms. The summed E-state index contributed by atoms with van der Waals surface area (Å²) < 4.78 is 0. The van der Waals surface area contributed by atoms with Crippen LogP contribution in [0.5, 0.6) is 0 Å². The number of allylic oxidation sites excluding steroid dienone is 5. The van der Waals surface area contributed by atoms with Crippen molar-refractivity contribution in [1.29, 1.82) is 0 Å². The minimum absolute atomic E-state index is 0.940. The van der Waals surface area contributed by atoms with E-state index in [4.69, 9.17) is 4.98 Å². The highest BCUT2D eigenvalue weighted by atomic mass is 15.1. The summed E-state index contributed by atoms with van der Waals surface area (Å²) in [4.78, 5) is 7.36. The lowest BCUT2D eigenvalue weighted by Gasteiger charge is -2.26. The third kappa shape index (κ3) is 5.65. The number of aryl methyl sites for hydroxylation is 1. The molecule has 0 unspecified atom stereocenters. The first-order valence-electron chi connectivity index (χ1n) is 12.6. The molecule has 0 bridgehead atoms. The second kappa shape index (κ2) is 10.5. The molecule has 4 rings (SSSR count). The Kier molecular flexibility index (Phi) is 7.49. The average Bonchev–Trinajstić information content (AvgIpc) is 2.80. The number of likely N-dealkylation sites (tertiary alicyclic amines) is 1. The maximum absolute atomic E-state index is 4.83. The van der Waals surface area contributed by atoms with Crippen molar-refractivity contribution in [3.63, 3.8) is 0 Å². The zero-order valence-electron chi connectivity index (χ0n) is 21.1. The van der Waals surface area contributed by atoms with E-state index >= 15 is 0 Å². The fourth-order valence-electron chi connectivity index (χ4n) is 5.07. The van der Waals surface area contributed by atoms with Gasteiger partial charge in [-0.25, -0.2) is 0 Å². The molecule has 2 aliphatic heterocycles. The van der Waals surface area contributed by atoms with Crippen molar-refractivity contribution in [3.05, 3.63) is 87.5 Å². The van der Waals surface area contributed by atoms with E-state index < -0.39 is 0 Å². The van der Waals surface area contributed by atoms with Crippen molar-refractivity contribution >= 4 is 0 Å². The summed E-state index contributed by atoms with van der Waals surface area (Å²) in [6.45, 7) is 14.4. The maximum Gasteiger partial charge on any atom is 0.0544 e. The third-order valence-electron chi connectivity index (χ3n) is 7.11. The van der Waals surface area contributed by atoms with E-state index in [1.54, 1.807) is 0 Å². The van der Waals surface area contributed by atoms with E-state index in [9.17, 15) is 0 Å². The molecule has 1 N–H and O–H groups in total. The normalized spacial score (nSPS) is 18.5. The van der Waals surface area contributed by atoms with Gasteiger partial charge in [0.15, 0.2) is 0 Å². The number of dihydropyridines is 1. The van der Waals surface area contributed by atoms with Crippen molar-refractivity contribution in [2.45, 2.75) is 73.3 Å². The van der Waals surface area contributed by atoms with Crippen molar-refractivity contribution in [2.75, 3.05) is 13.1 Å². The number of pyridine rings is 1. The molecule has 2 aliphatic rings. The van der Waals surface area contributed by atoms with Crippen LogP contribution in [0.1, 0.15) is 68.8 Å². The topological polar surface area (TPSA) is 28.2 Å². The molecule has 3 heteroatoms. The van der Waals surface area contributed by atoms with Crippen LogP contribution >= 0.6 is 0 Å². The zero-order chi connectivity index (χ0) is 23.4. The van der Waals surface area contributed by atoms with E-state index in [-0.39, 0.29) is 0 Å². The van der Waals surface area contributed by atoms with Crippen molar-refractivity contribution < 1.29 is 0 Å². The molecular weight excluding hydrogens is 402 g/mol. The van der Waals surface area contributed by atoms with Gasteiger partial charge in [-0.2, -0.15) is 0 Å². The second-order valence-electron chi connectivity index (χ2n) is 9.77. The van der Waals surface area contributed by atoms with Crippen molar-refractivity contribution in [2.24, 2.45) is 0 Å². The van der Waals surface area contributed by atoms with Crippen LogP contribution in [-0.4, -0.2) is 23.0 Å². The molecule has 0 spiro atoms. The molecule has 1 fully saturated rings. The van der Waals surface area contributed by atoms with Crippen molar-refractivity contribution in [3.8, 4) is 11.1 Å². The minimum atomic E-state index is 0.940. The van der Waals surface area contributed by atoms with Gasteiger partial charge >= 0.3 is 0 Å². The predicted octanol–water partition coefficient (Wildman–Crippen LogP) is 7.01. The monoisotopic (exact) mass is 441 g/mol. The van der Waals surface area contributed by atoms with Gasteiger partial charge in [0.2, 0.25) is 0 Å². The number of aromatic nitrogens is 1. The Labute approximate surface area is 200 Å². The number of rotatable bonds is 6. The number of hydrogen-bond donors (Lipinski definition) is 1. The van der Waals surface area contributed by atoms with E-state index in [1.165, 1.54) is 88.4 Å². The lowest BCUT2D eigenvalue weighted by atomic mass is 9.89. The summed E-state index contributed by atoms with van der Waals surface area (Å²) in [5, 5.41) is 3.59. The van der Waals surface area contributed by atoms with Crippen LogP contribution in [0.15, 0.2) is 65.2 Å². The molecule has 2 aromatic rings. The maximum atomic E-state index is 4.83. The zero-order valence-corrected chi connectivity index (χ0v) is 21.1. The van der Waals surface area contributed by atoms with E-state index in [1.807, 2.05) is 0 Å². The summed E-state index contributed by atoms with van der Waals surface area (Å²) in [6, 6.07) is 9.15. The van der Waals surface area contributed by atoms with Gasteiger partial charge in [0, 0.05) is 36.1 Å². The van der Waals surface area contributed by atoms with Crippen LogP contribution in [0, 0.1) is 13.8 Å². The number of hydrogen-bond acceptors (Lipinski definition) is 3. The molecule has 3 nitrogen and oxygen atoms in total. The van der Waals surface area contributed by atoms with Gasteiger partial charge in [-0.3, -0.25) is 9.88 Å². The van der Waals surface area contributed by atoms with Crippen LogP contribution in [0.4, 0.5) is 0 Å². The second-order valence-corrected chi connectivity index (χ2v) is 9.77. The van der Waals surface area contributed by atoms with Crippen LogP contribution < -0.4 is 5.32 Å². The standard InChI is InChI=1S/C30H39N3/c1-6-10-30-29(22(3)15-23(4)32-30)18-26-17-27(16-21(2)24(26)5)25-11-12-28(31-19-25)20-33-13-8-7-9-14-33/h10-12,15-17,19,32H,6-9,13-14,18,20H2,1-5H3/b30-10-. The first-order chi connectivity index (χ1) is 15.9. The molecule has 174 valence electrons. The number of nitrogens with zero attached hydrogens (tertiary/aromatic N) is 2. The van der Waals surface area contributed by atoms with Crippen LogP contribution in [-0.2, 0) is 13.0 Å². The SMILES string of the molecule is CC/C=C1\NC(C)=CC(C)=C1Cc1cc(-c2ccc(CN3CCCCC3)nc2)cc(C)c1C. The highest BCUT2D eigenvalue weighted by Gasteiger charge is 2.17. The number of nitrogens with one attached hydrogen (secondary N) is 1. The lowest BCUT2D eigenvalue weighted by Crippen LogP contribution is -2.29. The molecule has 1 aromatic carbocycles. The largest absolute Gasteiger partial charge is 0.359 e.